The Morgan fingerprint density at radius 3 is 2.35 bits per heavy atom. The fraction of sp³-hybridized carbons (Fsp3) is 0.909. The van der Waals surface area contributed by atoms with Crippen molar-refractivity contribution in [1.82, 2.24) is 0 Å². The third-order valence-corrected chi connectivity index (χ3v) is 3.41. The molecule has 0 amide bonds. The summed E-state index contributed by atoms with van der Waals surface area (Å²) < 4.78 is 24.8. The van der Waals surface area contributed by atoms with E-state index >= 15 is 0 Å². The molecule has 4 atom stereocenters. The van der Waals surface area contributed by atoms with Crippen LogP contribution in [0.5, 0.6) is 0 Å². The summed E-state index contributed by atoms with van der Waals surface area (Å²) in [5, 5.41) is 7.56. The van der Waals surface area contributed by atoms with Gasteiger partial charge in [0.1, 0.15) is 12.2 Å². The van der Waals surface area contributed by atoms with Gasteiger partial charge in [0.2, 0.25) is 12.2 Å². The zero-order valence-corrected chi connectivity index (χ0v) is 13.7. The molecule has 0 aromatic rings. The van der Waals surface area contributed by atoms with Crippen LogP contribution in [0.25, 0.3) is 0 Å². The first kappa shape index (κ1) is 18.2. The van der Waals surface area contributed by atoms with Crippen molar-refractivity contribution in [3.8, 4) is 0 Å². The minimum atomic E-state index is -1.93. The molecule has 1 aliphatic heterocycles. The van der Waals surface area contributed by atoms with Crippen molar-refractivity contribution in [2.24, 2.45) is 0 Å². The summed E-state index contributed by atoms with van der Waals surface area (Å²) >= 11 is 16.7. The van der Waals surface area contributed by atoms with Gasteiger partial charge in [0.15, 0.2) is 0 Å². The summed E-state index contributed by atoms with van der Waals surface area (Å²) in [5.74, 6) is -0.505. The quantitative estimate of drug-likeness (QED) is 0.467. The highest BCUT2D eigenvalue weighted by molar-refractivity contribution is 6.76. The molecule has 0 spiro atoms. The Bertz CT molecular complexity index is 326. The first-order valence-electron chi connectivity index (χ1n) is 5.85. The molecule has 1 saturated heterocycles. The molecule has 0 unspecified atom stereocenters. The predicted molar refractivity (Wildman–Crippen MR) is 75.8 cm³/mol. The van der Waals surface area contributed by atoms with Crippen molar-refractivity contribution in [2.45, 2.75) is 34.8 Å². The molecule has 1 aliphatic rings. The second-order valence-electron chi connectivity index (χ2n) is 4.21. The molecule has 0 aromatic carbocycles. The summed E-state index contributed by atoms with van der Waals surface area (Å²) in [6, 6.07) is 0. The second-order valence-corrected chi connectivity index (χ2v) is 6.50. The maximum absolute atomic E-state index is 7.56. The highest BCUT2D eigenvalue weighted by Crippen LogP contribution is 2.31. The standard InChI is InChI=1S/C11H18Cl3NO5/c1-16-5-7-9(18-3)6(17-2)4-8(19-7)20-10(15)11(12,13)14/h6-9,15H,4-5H2,1-3H3/t6-,7-,8-,9-/m1/s1. The summed E-state index contributed by atoms with van der Waals surface area (Å²) in [5.41, 5.74) is 0. The van der Waals surface area contributed by atoms with Crippen LogP contribution in [0.1, 0.15) is 6.42 Å². The van der Waals surface area contributed by atoms with Crippen LogP contribution in [0, 0.1) is 5.41 Å². The smallest absolute Gasteiger partial charge is 0.265 e. The summed E-state index contributed by atoms with van der Waals surface area (Å²) in [4.78, 5) is 0. The lowest BCUT2D eigenvalue weighted by Crippen LogP contribution is -2.53. The summed E-state index contributed by atoms with van der Waals surface area (Å²) in [6.07, 6.45) is -1.41. The van der Waals surface area contributed by atoms with E-state index in [2.05, 4.69) is 0 Å². The topological polar surface area (TPSA) is 70.0 Å². The van der Waals surface area contributed by atoms with Crippen molar-refractivity contribution in [1.29, 1.82) is 5.41 Å². The molecule has 118 valence electrons. The normalized spacial score (nSPS) is 31.1. The van der Waals surface area contributed by atoms with Gasteiger partial charge in [-0.2, -0.15) is 0 Å². The highest BCUT2D eigenvalue weighted by Gasteiger charge is 2.42. The molecule has 1 fully saturated rings. The zero-order chi connectivity index (χ0) is 15.3. The number of hydrogen-bond donors (Lipinski definition) is 1. The summed E-state index contributed by atoms with van der Waals surface area (Å²) in [6.45, 7) is 0.291. The van der Waals surface area contributed by atoms with Gasteiger partial charge in [0.05, 0.1) is 12.7 Å². The molecule has 20 heavy (non-hydrogen) atoms. The lowest BCUT2D eigenvalue weighted by molar-refractivity contribution is -0.246. The van der Waals surface area contributed by atoms with Crippen LogP contribution in [-0.2, 0) is 23.7 Å². The van der Waals surface area contributed by atoms with E-state index in [9.17, 15) is 0 Å². The lowest BCUT2D eigenvalue weighted by atomic mass is 10.0. The van der Waals surface area contributed by atoms with Crippen LogP contribution in [-0.4, -0.2) is 62.2 Å². The SMILES string of the molecule is COC[C@H]1O[C@H](OC(=N)C(Cl)(Cl)Cl)C[C@@H](OC)[C@H]1OC. The minimum absolute atomic E-state index is 0.276. The minimum Gasteiger partial charge on any atom is -0.448 e. The van der Waals surface area contributed by atoms with Gasteiger partial charge in [-0.15, -0.1) is 0 Å². The Morgan fingerprint density at radius 1 is 1.25 bits per heavy atom. The van der Waals surface area contributed by atoms with E-state index in [1.165, 1.54) is 0 Å². The van der Waals surface area contributed by atoms with Gasteiger partial charge in [0, 0.05) is 27.8 Å². The van der Waals surface area contributed by atoms with Crippen molar-refractivity contribution < 1.29 is 23.7 Å². The highest BCUT2D eigenvalue weighted by atomic mass is 35.6. The third-order valence-electron chi connectivity index (χ3n) is 2.90. The van der Waals surface area contributed by atoms with E-state index in [4.69, 9.17) is 63.9 Å². The Labute approximate surface area is 133 Å². The average molecular weight is 351 g/mol. The second kappa shape index (κ2) is 7.98. The molecular weight excluding hydrogens is 332 g/mol. The summed E-state index contributed by atoms with van der Waals surface area (Å²) in [7, 11) is 4.67. The number of hydrogen-bond acceptors (Lipinski definition) is 6. The van der Waals surface area contributed by atoms with E-state index in [1.807, 2.05) is 0 Å². The number of nitrogens with one attached hydrogen (secondary N) is 1. The number of alkyl halides is 3. The molecule has 0 radical (unpaired) electrons. The Hall–Kier alpha value is 0.180. The lowest BCUT2D eigenvalue weighted by Gasteiger charge is -2.40. The van der Waals surface area contributed by atoms with Crippen molar-refractivity contribution in [3.05, 3.63) is 0 Å². The monoisotopic (exact) mass is 349 g/mol. The van der Waals surface area contributed by atoms with Gasteiger partial charge >= 0.3 is 0 Å². The van der Waals surface area contributed by atoms with Crippen LogP contribution < -0.4 is 0 Å². The van der Waals surface area contributed by atoms with E-state index in [0.29, 0.717) is 13.0 Å². The molecule has 1 heterocycles. The Kier molecular flexibility index (Phi) is 7.28. The molecule has 0 bridgehead atoms. The van der Waals surface area contributed by atoms with Crippen molar-refractivity contribution in [2.75, 3.05) is 27.9 Å². The number of halogens is 3. The van der Waals surface area contributed by atoms with Crippen LogP contribution in [0.15, 0.2) is 0 Å². The van der Waals surface area contributed by atoms with Gasteiger partial charge in [-0.3, -0.25) is 5.41 Å². The van der Waals surface area contributed by atoms with Gasteiger partial charge < -0.3 is 23.7 Å². The van der Waals surface area contributed by atoms with Gasteiger partial charge in [0.25, 0.3) is 3.79 Å². The maximum Gasteiger partial charge on any atom is 0.265 e. The van der Waals surface area contributed by atoms with E-state index in [0.717, 1.165) is 0 Å². The van der Waals surface area contributed by atoms with Gasteiger partial charge in [-0.1, -0.05) is 34.8 Å². The third kappa shape index (κ3) is 4.87. The zero-order valence-electron chi connectivity index (χ0n) is 11.4. The predicted octanol–water partition coefficient (Wildman–Crippen LogP) is 2.14. The molecule has 0 aromatic heterocycles. The van der Waals surface area contributed by atoms with Gasteiger partial charge in [-0.25, -0.2) is 0 Å². The molecule has 9 heteroatoms. The molecule has 0 saturated carbocycles. The van der Waals surface area contributed by atoms with Crippen molar-refractivity contribution in [3.63, 3.8) is 0 Å². The van der Waals surface area contributed by atoms with E-state index in [-0.39, 0.29) is 12.2 Å². The maximum atomic E-state index is 7.56. The number of ether oxygens (including phenoxy) is 5. The largest absolute Gasteiger partial charge is 0.448 e. The average Bonchev–Trinajstić information content (AvgIpc) is 2.37. The molecule has 1 N–H and O–H groups in total. The first-order valence-corrected chi connectivity index (χ1v) is 6.99. The van der Waals surface area contributed by atoms with Crippen LogP contribution >= 0.6 is 34.8 Å². The first-order chi connectivity index (χ1) is 9.33. The van der Waals surface area contributed by atoms with Crippen LogP contribution in [0.3, 0.4) is 0 Å². The van der Waals surface area contributed by atoms with E-state index in [1.54, 1.807) is 21.3 Å². The van der Waals surface area contributed by atoms with Crippen LogP contribution in [0.4, 0.5) is 0 Å². The molecule has 0 aliphatic carbocycles. The fourth-order valence-electron chi connectivity index (χ4n) is 2.00. The molecule has 6 nitrogen and oxygen atoms in total. The molecular formula is C11H18Cl3NO5. The fourth-order valence-corrected chi connectivity index (χ4v) is 2.13. The number of rotatable bonds is 5. The Balaban J connectivity index is 2.73. The Morgan fingerprint density at radius 2 is 1.90 bits per heavy atom. The van der Waals surface area contributed by atoms with Crippen molar-refractivity contribution >= 4 is 40.7 Å². The van der Waals surface area contributed by atoms with Crippen LogP contribution in [0.2, 0.25) is 0 Å². The number of methoxy groups -OCH3 is 3. The van der Waals surface area contributed by atoms with Gasteiger partial charge in [-0.05, 0) is 0 Å². The molecule has 1 rings (SSSR count). The van der Waals surface area contributed by atoms with E-state index < -0.39 is 22.1 Å².